The normalized spacial score (nSPS) is 16.4. The average Bonchev–Trinajstić information content (AvgIpc) is 2.59. The van der Waals surface area contributed by atoms with E-state index >= 15 is 0 Å². The quantitative estimate of drug-likeness (QED) is 0.430. The highest BCUT2D eigenvalue weighted by Crippen LogP contribution is 2.21. The van der Waals surface area contributed by atoms with Gasteiger partial charge in [0.25, 0.3) is 0 Å². The van der Waals surface area contributed by atoms with Crippen LogP contribution in [0.1, 0.15) is 25.8 Å². The minimum atomic E-state index is 0. The summed E-state index contributed by atoms with van der Waals surface area (Å²) in [6.07, 6.45) is 3.32. The zero-order valence-corrected chi connectivity index (χ0v) is 16.4. The summed E-state index contributed by atoms with van der Waals surface area (Å²) in [4.78, 5) is 6.93. The van der Waals surface area contributed by atoms with Gasteiger partial charge in [-0.3, -0.25) is 4.99 Å². The Morgan fingerprint density at radius 2 is 2.09 bits per heavy atom. The molecule has 128 valence electrons. The van der Waals surface area contributed by atoms with Crippen molar-refractivity contribution < 1.29 is 5.11 Å². The maximum atomic E-state index is 9.14. The Bertz CT molecular complexity index is 516. The van der Waals surface area contributed by atoms with E-state index in [1.807, 2.05) is 6.92 Å². The van der Waals surface area contributed by atoms with Gasteiger partial charge in [0.05, 0.1) is 0 Å². The van der Waals surface area contributed by atoms with Crippen LogP contribution in [0, 0.1) is 5.92 Å². The molecule has 0 saturated heterocycles. The molecule has 0 bridgehead atoms. The molecule has 5 heteroatoms. The van der Waals surface area contributed by atoms with Gasteiger partial charge in [0.2, 0.25) is 0 Å². The van der Waals surface area contributed by atoms with E-state index in [4.69, 9.17) is 5.11 Å². The van der Waals surface area contributed by atoms with Crippen molar-refractivity contribution in [3.8, 4) is 0 Å². The SMILES string of the molecule is CCNC(=NCC(C)CO)N1CC=C(c2ccccc2)CC1.I. The number of benzene rings is 1. The van der Waals surface area contributed by atoms with Gasteiger partial charge in [0, 0.05) is 32.8 Å². The van der Waals surface area contributed by atoms with Crippen LogP contribution in [0.25, 0.3) is 5.57 Å². The lowest BCUT2D eigenvalue weighted by Gasteiger charge is -2.30. The molecular formula is C18H28IN3O. The molecule has 0 aliphatic carbocycles. The molecule has 0 saturated carbocycles. The summed E-state index contributed by atoms with van der Waals surface area (Å²) in [7, 11) is 0. The molecule has 4 nitrogen and oxygen atoms in total. The number of hydrogen-bond acceptors (Lipinski definition) is 2. The van der Waals surface area contributed by atoms with E-state index in [1.54, 1.807) is 0 Å². The van der Waals surface area contributed by atoms with Crippen LogP contribution in [0.2, 0.25) is 0 Å². The van der Waals surface area contributed by atoms with Crippen molar-refractivity contribution in [1.29, 1.82) is 0 Å². The second-order valence-electron chi connectivity index (χ2n) is 5.77. The van der Waals surface area contributed by atoms with Crippen LogP contribution in [0.5, 0.6) is 0 Å². The lowest BCUT2D eigenvalue weighted by Crippen LogP contribution is -2.43. The third kappa shape index (κ3) is 6.14. The van der Waals surface area contributed by atoms with E-state index in [-0.39, 0.29) is 36.5 Å². The lowest BCUT2D eigenvalue weighted by atomic mass is 10.00. The first-order valence-corrected chi connectivity index (χ1v) is 8.13. The molecule has 0 spiro atoms. The number of aliphatic hydroxyl groups is 1. The first kappa shape index (κ1) is 20.0. The van der Waals surface area contributed by atoms with Gasteiger partial charge in [-0.05, 0) is 30.4 Å². The van der Waals surface area contributed by atoms with Gasteiger partial charge in [0.15, 0.2) is 5.96 Å². The van der Waals surface area contributed by atoms with E-state index < -0.39 is 0 Å². The molecule has 1 aliphatic rings. The summed E-state index contributed by atoms with van der Waals surface area (Å²) < 4.78 is 0. The highest BCUT2D eigenvalue weighted by molar-refractivity contribution is 14.0. The Balaban J connectivity index is 0.00000264. The molecule has 1 unspecified atom stereocenters. The molecule has 2 N–H and O–H groups in total. The van der Waals surface area contributed by atoms with Gasteiger partial charge in [-0.25, -0.2) is 0 Å². The highest BCUT2D eigenvalue weighted by atomic mass is 127. The van der Waals surface area contributed by atoms with Crippen LogP contribution in [0.15, 0.2) is 41.4 Å². The minimum absolute atomic E-state index is 0. The predicted molar refractivity (Wildman–Crippen MR) is 108 cm³/mol. The number of nitrogens with one attached hydrogen (secondary N) is 1. The molecule has 0 radical (unpaired) electrons. The molecular weight excluding hydrogens is 401 g/mol. The molecule has 0 aromatic heterocycles. The minimum Gasteiger partial charge on any atom is -0.396 e. The topological polar surface area (TPSA) is 47.9 Å². The Hall–Kier alpha value is -1.08. The summed E-state index contributed by atoms with van der Waals surface area (Å²) in [6.45, 7) is 7.64. The fourth-order valence-corrected chi connectivity index (χ4v) is 2.50. The highest BCUT2D eigenvalue weighted by Gasteiger charge is 2.16. The predicted octanol–water partition coefficient (Wildman–Crippen LogP) is 2.99. The first-order chi connectivity index (χ1) is 10.7. The van der Waals surface area contributed by atoms with Crippen molar-refractivity contribution in [1.82, 2.24) is 10.2 Å². The Kier molecular flexibility index (Phi) is 9.24. The number of halogens is 1. The molecule has 1 heterocycles. The summed E-state index contributed by atoms with van der Waals surface area (Å²) in [5.74, 6) is 1.15. The maximum absolute atomic E-state index is 9.14. The van der Waals surface area contributed by atoms with Crippen molar-refractivity contribution in [3.63, 3.8) is 0 Å². The summed E-state index contributed by atoms with van der Waals surface area (Å²) in [5.41, 5.74) is 2.73. The van der Waals surface area contributed by atoms with Crippen molar-refractivity contribution >= 4 is 35.5 Å². The van der Waals surface area contributed by atoms with Crippen LogP contribution < -0.4 is 5.32 Å². The zero-order chi connectivity index (χ0) is 15.8. The number of nitrogens with zero attached hydrogens (tertiary/aromatic N) is 2. The Morgan fingerprint density at radius 3 is 2.65 bits per heavy atom. The van der Waals surface area contributed by atoms with E-state index in [0.717, 1.165) is 32.0 Å². The summed E-state index contributed by atoms with van der Waals surface area (Å²) in [5, 5.41) is 12.5. The van der Waals surface area contributed by atoms with Crippen molar-refractivity contribution in [2.45, 2.75) is 20.3 Å². The first-order valence-electron chi connectivity index (χ1n) is 8.13. The average molecular weight is 429 g/mol. The van der Waals surface area contributed by atoms with Crippen molar-refractivity contribution in [2.24, 2.45) is 10.9 Å². The summed E-state index contributed by atoms with van der Waals surface area (Å²) >= 11 is 0. The van der Waals surface area contributed by atoms with Gasteiger partial charge < -0.3 is 15.3 Å². The molecule has 1 aromatic carbocycles. The van der Waals surface area contributed by atoms with Gasteiger partial charge in [-0.1, -0.05) is 43.3 Å². The van der Waals surface area contributed by atoms with Crippen LogP contribution >= 0.6 is 24.0 Å². The molecule has 1 aromatic rings. The van der Waals surface area contributed by atoms with Crippen LogP contribution in [-0.4, -0.2) is 48.8 Å². The van der Waals surface area contributed by atoms with Gasteiger partial charge in [0.1, 0.15) is 0 Å². The second kappa shape index (κ2) is 10.6. The molecule has 23 heavy (non-hydrogen) atoms. The van der Waals surface area contributed by atoms with E-state index in [9.17, 15) is 0 Å². The van der Waals surface area contributed by atoms with E-state index in [1.165, 1.54) is 11.1 Å². The maximum Gasteiger partial charge on any atom is 0.194 e. The van der Waals surface area contributed by atoms with Gasteiger partial charge in [-0.15, -0.1) is 24.0 Å². The molecule has 1 aliphatic heterocycles. The zero-order valence-electron chi connectivity index (χ0n) is 14.0. The molecule has 1 atom stereocenters. The van der Waals surface area contributed by atoms with Crippen LogP contribution in [-0.2, 0) is 0 Å². The number of aliphatic hydroxyl groups excluding tert-OH is 1. The molecule has 2 rings (SSSR count). The fraction of sp³-hybridized carbons (Fsp3) is 0.500. The van der Waals surface area contributed by atoms with Crippen LogP contribution in [0.4, 0.5) is 0 Å². The lowest BCUT2D eigenvalue weighted by molar-refractivity contribution is 0.241. The number of aliphatic imine (C=N–C) groups is 1. The van der Waals surface area contributed by atoms with Crippen molar-refractivity contribution in [2.75, 3.05) is 32.8 Å². The third-order valence-electron chi connectivity index (χ3n) is 3.85. The van der Waals surface area contributed by atoms with Crippen molar-refractivity contribution in [3.05, 3.63) is 42.0 Å². The monoisotopic (exact) mass is 429 g/mol. The smallest absolute Gasteiger partial charge is 0.194 e. The number of hydrogen-bond donors (Lipinski definition) is 2. The largest absolute Gasteiger partial charge is 0.396 e. The second-order valence-corrected chi connectivity index (χ2v) is 5.77. The number of guanidine groups is 1. The van der Waals surface area contributed by atoms with Gasteiger partial charge in [-0.2, -0.15) is 0 Å². The standard InChI is InChI=1S/C18H27N3O.HI/c1-3-19-18(20-13-15(2)14-22)21-11-9-17(10-12-21)16-7-5-4-6-8-16;/h4-9,15,22H,3,10-14H2,1-2H3,(H,19,20);1H. The van der Waals surface area contributed by atoms with E-state index in [2.05, 4.69) is 58.5 Å². The Labute approximate surface area is 156 Å². The Morgan fingerprint density at radius 1 is 1.35 bits per heavy atom. The molecule has 0 fully saturated rings. The molecule has 0 amide bonds. The third-order valence-corrected chi connectivity index (χ3v) is 3.85. The van der Waals surface area contributed by atoms with Gasteiger partial charge >= 0.3 is 0 Å². The fourth-order valence-electron chi connectivity index (χ4n) is 2.50. The van der Waals surface area contributed by atoms with Crippen LogP contribution in [0.3, 0.4) is 0 Å². The number of rotatable bonds is 5. The summed E-state index contributed by atoms with van der Waals surface area (Å²) in [6, 6.07) is 10.6. The van der Waals surface area contributed by atoms with E-state index in [0.29, 0.717) is 6.54 Å².